The van der Waals surface area contributed by atoms with Gasteiger partial charge in [-0.05, 0) is 77.8 Å². The molecule has 4 nitrogen and oxygen atoms in total. The smallest absolute Gasteiger partial charge is 0.268 e. The maximum Gasteiger partial charge on any atom is 0.270 e. The van der Waals surface area contributed by atoms with Crippen LogP contribution < -0.4 is 9.80 Å². The number of benzene rings is 4. The molecule has 0 radical (unpaired) electrons. The Morgan fingerprint density at radius 3 is 1.83 bits per heavy atom. The Labute approximate surface area is 213 Å². The first-order valence-electron chi connectivity index (χ1n) is 11.4. The Morgan fingerprint density at radius 2 is 1.25 bits per heavy atom. The molecule has 0 unspecified atom stereocenters. The van der Waals surface area contributed by atoms with Gasteiger partial charge >= 0.3 is 0 Å². The number of hydrogen-bond acceptors (Lipinski definition) is 3. The van der Waals surface area contributed by atoms with Gasteiger partial charge in [0.25, 0.3) is 11.8 Å². The number of anilines is 2. The summed E-state index contributed by atoms with van der Waals surface area (Å²) >= 11 is 5.66. The van der Waals surface area contributed by atoms with Gasteiger partial charge in [0.2, 0.25) is 0 Å². The molecule has 36 heavy (non-hydrogen) atoms. The van der Waals surface area contributed by atoms with Crippen molar-refractivity contribution in [2.24, 2.45) is 0 Å². The van der Waals surface area contributed by atoms with E-state index in [1.165, 1.54) is 21.9 Å². The summed E-state index contributed by atoms with van der Waals surface area (Å²) < 4.78 is 13.8. The monoisotopic (exact) mass is 492 g/mol. The molecule has 1 aliphatic rings. The highest BCUT2D eigenvalue weighted by molar-refractivity contribution is 7.81. The van der Waals surface area contributed by atoms with E-state index in [9.17, 15) is 14.0 Å². The largest absolute Gasteiger partial charge is 0.270 e. The lowest BCUT2D eigenvalue weighted by atomic mass is 9.97. The zero-order chi connectivity index (χ0) is 25.1. The molecular weight excluding hydrogens is 471 g/mol. The Hall–Kier alpha value is -4.42. The number of rotatable bonds is 5. The Kier molecular flexibility index (Phi) is 6.52. The van der Waals surface area contributed by atoms with Crippen LogP contribution in [-0.4, -0.2) is 16.9 Å². The molecular formula is C30H21FN2O2S. The molecule has 0 aromatic heterocycles. The molecule has 0 aliphatic carbocycles. The van der Waals surface area contributed by atoms with Crippen LogP contribution in [0.4, 0.5) is 15.8 Å². The number of thiocarbonyl (C=S) groups is 1. The van der Waals surface area contributed by atoms with E-state index in [0.717, 1.165) is 11.1 Å². The van der Waals surface area contributed by atoms with Crippen molar-refractivity contribution in [3.05, 3.63) is 137 Å². The van der Waals surface area contributed by atoms with Crippen LogP contribution in [0.3, 0.4) is 0 Å². The highest BCUT2D eigenvalue weighted by atomic mass is 32.1. The van der Waals surface area contributed by atoms with Gasteiger partial charge in [-0.15, -0.1) is 0 Å². The van der Waals surface area contributed by atoms with Gasteiger partial charge in [-0.25, -0.2) is 4.39 Å². The summed E-state index contributed by atoms with van der Waals surface area (Å²) in [6, 6.07) is 31.9. The molecule has 6 heteroatoms. The second-order valence-corrected chi connectivity index (χ2v) is 8.66. The van der Waals surface area contributed by atoms with Crippen LogP contribution in [0.2, 0.25) is 0 Å². The van der Waals surface area contributed by atoms with Gasteiger partial charge in [-0.1, -0.05) is 72.8 Å². The minimum atomic E-state index is -0.496. The second-order valence-electron chi connectivity index (χ2n) is 8.30. The van der Waals surface area contributed by atoms with E-state index in [1.807, 2.05) is 66.7 Å². The summed E-state index contributed by atoms with van der Waals surface area (Å²) in [5.41, 5.74) is 3.48. The van der Waals surface area contributed by atoms with Crippen LogP contribution in [0, 0.1) is 5.82 Å². The number of amides is 2. The molecule has 0 saturated carbocycles. The van der Waals surface area contributed by atoms with Crippen LogP contribution in [0.25, 0.3) is 6.08 Å². The van der Waals surface area contributed by atoms with Crippen LogP contribution in [-0.2, 0) is 16.0 Å². The Bertz CT molecular complexity index is 1420. The molecule has 0 N–H and O–H groups in total. The van der Waals surface area contributed by atoms with Crippen molar-refractivity contribution in [2.75, 3.05) is 9.80 Å². The predicted molar refractivity (Wildman–Crippen MR) is 144 cm³/mol. The summed E-state index contributed by atoms with van der Waals surface area (Å²) in [6.07, 6.45) is 2.05. The van der Waals surface area contributed by atoms with Crippen molar-refractivity contribution >= 4 is 46.6 Å². The van der Waals surface area contributed by atoms with E-state index in [2.05, 4.69) is 0 Å². The SMILES string of the molecule is O=C1C(=Cc2ccccc2Cc2cccc(F)c2)C(=O)N(c2ccccc2)C(=S)N1c1ccccc1. The number of halogens is 1. The summed E-state index contributed by atoms with van der Waals surface area (Å²) in [7, 11) is 0. The van der Waals surface area contributed by atoms with Crippen LogP contribution in [0.15, 0.2) is 115 Å². The minimum absolute atomic E-state index is 0.0111. The van der Waals surface area contributed by atoms with Crippen LogP contribution in [0.1, 0.15) is 16.7 Å². The van der Waals surface area contributed by atoms with Gasteiger partial charge in [0.1, 0.15) is 11.4 Å². The summed E-state index contributed by atoms with van der Waals surface area (Å²) in [6.45, 7) is 0. The van der Waals surface area contributed by atoms with E-state index >= 15 is 0 Å². The lowest BCUT2D eigenvalue weighted by Gasteiger charge is -2.36. The number of para-hydroxylation sites is 2. The molecule has 1 heterocycles. The standard InChI is InChI=1S/C30H21FN2O2S/c31-24-13-9-10-21(19-24)18-22-11-7-8-12-23(22)20-27-28(34)32(25-14-3-1-4-15-25)30(36)33(29(27)35)26-16-5-2-6-17-26/h1-17,19-20H,18H2. The average Bonchev–Trinajstić information content (AvgIpc) is 2.89. The van der Waals surface area contributed by atoms with Gasteiger partial charge in [-0.3, -0.25) is 19.4 Å². The first kappa shape index (κ1) is 23.3. The zero-order valence-corrected chi connectivity index (χ0v) is 20.0. The van der Waals surface area contributed by atoms with Crippen molar-refractivity contribution in [1.29, 1.82) is 0 Å². The van der Waals surface area contributed by atoms with Crippen LogP contribution in [0.5, 0.6) is 0 Å². The number of carbonyl (C=O) groups is 2. The van der Waals surface area contributed by atoms with Gasteiger partial charge in [0, 0.05) is 0 Å². The molecule has 4 aromatic carbocycles. The molecule has 4 aromatic rings. The van der Waals surface area contributed by atoms with E-state index < -0.39 is 11.8 Å². The van der Waals surface area contributed by atoms with Gasteiger partial charge < -0.3 is 0 Å². The number of carbonyl (C=O) groups excluding carboxylic acids is 2. The number of hydrogen-bond donors (Lipinski definition) is 0. The van der Waals surface area contributed by atoms with Gasteiger partial charge in [-0.2, -0.15) is 0 Å². The molecule has 1 saturated heterocycles. The van der Waals surface area contributed by atoms with Crippen molar-refractivity contribution in [2.45, 2.75) is 6.42 Å². The molecule has 0 bridgehead atoms. The molecule has 0 atom stereocenters. The Morgan fingerprint density at radius 1 is 0.694 bits per heavy atom. The fourth-order valence-corrected chi connectivity index (χ4v) is 4.57. The van der Waals surface area contributed by atoms with Gasteiger partial charge in [0.05, 0.1) is 11.4 Å². The van der Waals surface area contributed by atoms with E-state index in [0.29, 0.717) is 23.4 Å². The third-order valence-electron chi connectivity index (χ3n) is 5.92. The minimum Gasteiger partial charge on any atom is -0.268 e. The predicted octanol–water partition coefficient (Wildman–Crippen LogP) is 6.16. The first-order chi connectivity index (χ1) is 17.5. The maximum absolute atomic E-state index is 13.8. The highest BCUT2D eigenvalue weighted by Gasteiger charge is 2.41. The van der Waals surface area contributed by atoms with Crippen molar-refractivity contribution in [3.8, 4) is 0 Å². The second kappa shape index (κ2) is 10.1. The first-order valence-corrected chi connectivity index (χ1v) is 11.8. The van der Waals surface area contributed by atoms with E-state index in [1.54, 1.807) is 36.4 Å². The quantitative estimate of drug-likeness (QED) is 0.190. The van der Waals surface area contributed by atoms with Crippen LogP contribution >= 0.6 is 12.2 Å². The molecule has 2 amide bonds. The number of nitrogens with zero attached hydrogens (tertiary/aromatic N) is 2. The lowest BCUT2D eigenvalue weighted by Crippen LogP contribution is -2.56. The van der Waals surface area contributed by atoms with Crippen molar-refractivity contribution < 1.29 is 14.0 Å². The normalized spacial score (nSPS) is 13.8. The van der Waals surface area contributed by atoms with E-state index in [4.69, 9.17) is 12.2 Å². The van der Waals surface area contributed by atoms with E-state index in [-0.39, 0.29) is 16.5 Å². The highest BCUT2D eigenvalue weighted by Crippen LogP contribution is 2.30. The average molecular weight is 493 g/mol. The summed E-state index contributed by atoms with van der Waals surface area (Å²) in [5.74, 6) is -1.31. The third-order valence-corrected chi connectivity index (χ3v) is 6.28. The zero-order valence-electron chi connectivity index (χ0n) is 19.2. The molecule has 5 rings (SSSR count). The van der Waals surface area contributed by atoms with Crippen molar-refractivity contribution in [3.63, 3.8) is 0 Å². The fourth-order valence-electron chi connectivity index (χ4n) is 4.20. The third kappa shape index (κ3) is 4.59. The molecule has 1 aliphatic heterocycles. The molecule has 0 spiro atoms. The molecule has 1 fully saturated rings. The summed E-state index contributed by atoms with van der Waals surface area (Å²) in [5, 5.41) is 0.0904. The fraction of sp³-hybridized carbons (Fsp3) is 0.0333. The topological polar surface area (TPSA) is 40.6 Å². The summed E-state index contributed by atoms with van der Waals surface area (Å²) in [4.78, 5) is 30.2. The maximum atomic E-state index is 13.8. The Balaban J connectivity index is 1.61. The lowest BCUT2D eigenvalue weighted by molar-refractivity contribution is -0.120. The van der Waals surface area contributed by atoms with Crippen molar-refractivity contribution in [1.82, 2.24) is 0 Å². The van der Waals surface area contributed by atoms with Gasteiger partial charge in [0.15, 0.2) is 5.11 Å². The molecule has 176 valence electrons.